The van der Waals surface area contributed by atoms with Gasteiger partial charge in [-0.25, -0.2) is 4.57 Å². The Labute approximate surface area is 47.2 Å². The number of H-pyrrole nitrogens is 1. The Kier molecular flexibility index (Phi) is 1.29. The summed E-state index contributed by atoms with van der Waals surface area (Å²) in [5.74, 6) is 0. The molecule has 1 aromatic rings. The van der Waals surface area contributed by atoms with E-state index in [0.717, 1.165) is 0 Å². The van der Waals surface area contributed by atoms with Crippen molar-refractivity contribution in [1.82, 2.24) is 4.98 Å². The molecule has 40 valence electrons. The molecule has 0 radical (unpaired) electrons. The van der Waals surface area contributed by atoms with Crippen molar-refractivity contribution in [2.45, 2.75) is 6.54 Å². The number of rotatable bonds is 1. The predicted octanol–water partition coefficient (Wildman–Crippen LogP) is -0.174. The third-order valence-corrected chi connectivity index (χ3v) is 0.856. The second-order valence-electron chi connectivity index (χ2n) is 1.44. The zero-order valence-electron chi connectivity index (χ0n) is 4.33. The summed E-state index contributed by atoms with van der Waals surface area (Å²) >= 11 is 0. The summed E-state index contributed by atoms with van der Waals surface area (Å²) in [6, 6.07) is 2.01. The van der Waals surface area contributed by atoms with E-state index in [4.69, 9.17) is 5.26 Å². The highest BCUT2D eigenvalue weighted by Crippen LogP contribution is 1.66. The standard InChI is InChI=1S/C5H5N3/c6-1-3-8-4-2-7-5-8/h2,4-5H,3H2/p+1. The second-order valence-corrected chi connectivity index (χ2v) is 1.44. The molecule has 0 unspecified atom stereocenters. The molecule has 0 fully saturated rings. The first-order valence-electron chi connectivity index (χ1n) is 2.32. The van der Waals surface area contributed by atoms with E-state index in [9.17, 15) is 0 Å². The first-order chi connectivity index (χ1) is 3.93. The molecule has 1 aromatic heterocycles. The molecular weight excluding hydrogens is 102 g/mol. The van der Waals surface area contributed by atoms with Crippen LogP contribution in [0.25, 0.3) is 0 Å². The minimum Gasteiger partial charge on any atom is -0.250 e. The van der Waals surface area contributed by atoms with Gasteiger partial charge in [-0.15, -0.1) is 0 Å². The topological polar surface area (TPSA) is 43.5 Å². The fraction of sp³-hybridized carbons (Fsp3) is 0.200. The molecule has 0 aliphatic rings. The summed E-state index contributed by atoms with van der Waals surface area (Å²) in [5.41, 5.74) is 0. The number of aromatic amines is 1. The molecule has 1 rings (SSSR count). The average molecular weight is 108 g/mol. The van der Waals surface area contributed by atoms with Crippen LogP contribution in [0, 0.1) is 11.3 Å². The van der Waals surface area contributed by atoms with Crippen LogP contribution in [0.1, 0.15) is 0 Å². The van der Waals surface area contributed by atoms with Crippen molar-refractivity contribution < 1.29 is 4.57 Å². The van der Waals surface area contributed by atoms with Crippen molar-refractivity contribution in [3.05, 3.63) is 18.7 Å². The maximum atomic E-state index is 8.15. The summed E-state index contributed by atoms with van der Waals surface area (Å²) in [6.07, 6.45) is 5.32. The predicted molar refractivity (Wildman–Crippen MR) is 26.6 cm³/mol. The van der Waals surface area contributed by atoms with Gasteiger partial charge in [-0.3, -0.25) is 4.98 Å². The molecule has 8 heavy (non-hydrogen) atoms. The summed E-state index contributed by atoms with van der Waals surface area (Å²) < 4.78 is 1.76. The van der Waals surface area contributed by atoms with Gasteiger partial charge >= 0.3 is 0 Å². The van der Waals surface area contributed by atoms with Gasteiger partial charge in [0.15, 0.2) is 6.54 Å². The van der Waals surface area contributed by atoms with E-state index in [-0.39, 0.29) is 0 Å². The van der Waals surface area contributed by atoms with Gasteiger partial charge in [-0.1, -0.05) is 0 Å². The van der Waals surface area contributed by atoms with Crippen molar-refractivity contribution in [2.75, 3.05) is 0 Å². The van der Waals surface area contributed by atoms with Gasteiger partial charge in [0.25, 0.3) is 0 Å². The van der Waals surface area contributed by atoms with Crippen LogP contribution in [0.3, 0.4) is 0 Å². The van der Waals surface area contributed by atoms with Gasteiger partial charge in [0, 0.05) is 0 Å². The Balaban J connectivity index is 2.67. The van der Waals surface area contributed by atoms with E-state index in [2.05, 4.69) is 4.98 Å². The van der Waals surface area contributed by atoms with Crippen molar-refractivity contribution in [3.8, 4) is 6.07 Å². The van der Waals surface area contributed by atoms with E-state index in [1.165, 1.54) is 0 Å². The zero-order valence-corrected chi connectivity index (χ0v) is 4.33. The van der Waals surface area contributed by atoms with Crippen LogP contribution in [-0.4, -0.2) is 4.98 Å². The van der Waals surface area contributed by atoms with Crippen LogP contribution >= 0.6 is 0 Å². The summed E-state index contributed by atoms with van der Waals surface area (Å²) in [5, 5.41) is 8.15. The lowest BCUT2D eigenvalue weighted by molar-refractivity contribution is -0.683. The number of imidazole rings is 1. The lowest BCUT2D eigenvalue weighted by Crippen LogP contribution is -2.28. The van der Waals surface area contributed by atoms with E-state index >= 15 is 0 Å². The second kappa shape index (κ2) is 2.12. The van der Waals surface area contributed by atoms with Gasteiger partial charge in [-0.05, 0) is 0 Å². The number of aromatic nitrogens is 2. The molecule has 0 amide bonds. The largest absolute Gasteiger partial charge is 0.250 e. The Morgan fingerprint density at radius 1 is 1.75 bits per heavy atom. The first-order valence-corrected chi connectivity index (χ1v) is 2.32. The molecule has 0 aromatic carbocycles. The minimum absolute atomic E-state index is 0.420. The van der Waals surface area contributed by atoms with Gasteiger partial charge < -0.3 is 0 Å². The molecular formula is C5H6N3+. The molecule has 0 atom stereocenters. The quantitative estimate of drug-likeness (QED) is 0.498. The maximum absolute atomic E-state index is 8.15. The summed E-state index contributed by atoms with van der Waals surface area (Å²) in [7, 11) is 0. The smallest absolute Gasteiger partial charge is 0.242 e. The lowest BCUT2D eigenvalue weighted by atomic mass is 10.7. The first kappa shape index (κ1) is 4.85. The molecule has 1 heterocycles. The molecule has 0 bridgehead atoms. The Morgan fingerprint density at radius 2 is 2.62 bits per heavy atom. The Hall–Kier alpha value is -1.30. The van der Waals surface area contributed by atoms with E-state index < -0.39 is 0 Å². The Morgan fingerprint density at radius 3 is 3.12 bits per heavy atom. The minimum atomic E-state index is 0.420. The van der Waals surface area contributed by atoms with E-state index in [1.54, 1.807) is 17.1 Å². The highest BCUT2D eigenvalue weighted by molar-refractivity contribution is 4.62. The monoisotopic (exact) mass is 108 g/mol. The molecule has 0 spiro atoms. The molecule has 1 N–H and O–H groups in total. The van der Waals surface area contributed by atoms with Gasteiger partial charge in [-0.2, -0.15) is 5.26 Å². The number of hydrogen-bond acceptors (Lipinski definition) is 1. The summed E-state index contributed by atoms with van der Waals surface area (Å²) in [6.45, 7) is 0.420. The SMILES string of the molecule is N#CC[n+]1cc[nH]c1. The van der Waals surface area contributed by atoms with Crippen molar-refractivity contribution >= 4 is 0 Å². The normalized spacial score (nSPS) is 8.38. The van der Waals surface area contributed by atoms with Crippen molar-refractivity contribution in [3.63, 3.8) is 0 Å². The van der Waals surface area contributed by atoms with E-state index in [1.807, 2.05) is 12.3 Å². The van der Waals surface area contributed by atoms with Crippen LogP contribution in [-0.2, 0) is 6.54 Å². The lowest BCUT2D eigenvalue weighted by Gasteiger charge is -1.76. The van der Waals surface area contributed by atoms with Crippen LogP contribution in [0.2, 0.25) is 0 Å². The molecule has 0 saturated heterocycles. The number of nitriles is 1. The molecule has 0 aliphatic carbocycles. The fourth-order valence-corrected chi connectivity index (χ4v) is 0.501. The van der Waals surface area contributed by atoms with E-state index in [0.29, 0.717) is 6.54 Å². The summed E-state index contributed by atoms with van der Waals surface area (Å²) in [4.78, 5) is 2.83. The highest BCUT2D eigenvalue weighted by atomic mass is 15.0. The highest BCUT2D eigenvalue weighted by Gasteiger charge is 1.89. The van der Waals surface area contributed by atoms with Crippen molar-refractivity contribution in [1.29, 1.82) is 5.26 Å². The molecule has 0 aliphatic heterocycles. The molecule has 3 nitrogen and oxygen atoms in total. The van der Waals surface area contributed by atoms with Gasteiger partial charge in [0.05, 0.1) is 0 Å². The van der Waals surface area contributed by atoms with Crippen LogP contribution in [0.15, 0.2) is 18.7 Å². The van der Waals surface area contributed by atoms with Crippen LogP contribution in [0.4, 0.5) is 0 Å². The zero-order chi connectivity index (χ0) is 5.82. The van der Waals surface area contributed by atoms with Gasteiger partial charge in [0.1, 0.15) is 18.5 Å². The third-order valence-electron chi connectivity index (χ3n) is 0.856. The molecule has 0 saturated carbocycles. The van der Waals surface area contributed by atoms with Crippen LogP contribution < -0.4 is 4.57 Å². The number of hydrogen-bond donors (Lipinski definition) is 1. The maximum Gasteiger partial charge on any atom is 0.242 e. The number of nitrogens with one attached hydrogen (secondary N) is 1. The third kappa shape index (κ3) is 0.850. The number of nitrogens with zero attached hydrogens (tertiary/aromatic N) is 2. The fourth-order valence-electron chi connectivity index (χ4n) is 0.501. The Bertz CT molecular complexity index is 182. The average Bonchev–Trinajstić information content (AvgIpc) is 2.19. The van der Waals surface area contributed by atoms with Gasteiger partial charge in [0.2, 0.25) is 6.33 Å². The molecule has 3 heteroatoms. The van der Waals surface area contributed by atoms with Crippen molar-refractivity contribution in [2.24, 2.45) is 0 Å². The van der Waals surface area contributed by atoms with Crippen LogP contribution in [0.5, 0.6) is 0 Å².